The molecule has 2 aromatic carbocycles. The maximum Gasteiger partial charge on any atom is 0.258 e. The number of benzene rings is 2. The Labute approximate surface area is 147 Å². The lowest BCUT2D eigenvalue weighted by molar-refractivity contribution is 0.602. The Balaban J connectivity index is 2.41. The first-order valence-electron chi connectivity index (χ1n) is 8.24. The van der Waals surface area contributed by atoms with Crippen molar-refractivity contribution in [3.05, 3.63) is 64.6 Å². The summed E-state index contributed by atoms with van der Waals surface area (Å²) in [4.78, 5) is 12.7. The summed E-state index contributed by atoms with van der Waals surface area (Å²) in [6, 6.07) is 12.7. The standard InChI is InChI=1S/C20H21NO3S/c1-4-7-14-10-11-15(25(3,23)24)12-18(14)19-13-21(2)20(22)17-9-6-5-8-16(17)19/h5-6,8-13H,4,7H2,1-3H3. The van der Waals surface area contributed by atoms with E-state index in [1.807, 2.05) is 24.3 Å². The highest BCUT2D eigenvalue weighted by molar-refractivity contribution is 7.90. The van der Waals surface area contributed by atoms with Gasteiger partial charge in [0.05, 0.1) is 4.90 Å². The van der Waals surface area contributed by atoms with Crippen LogP contribution >= 0.6 is 0 Å². The van der Waals surface area contributed by atoms with Crippen LogP contribution in [-0.4, -0.2) is 19.2 Å². The monoisotopic (exact) mass is 355 g/mol. The van der Waals surface area contributed by atoms with Crippen LogP contribution in [-0.2, 0) is 23.3 Å². The largest absolute Gasteiger partial charge is 0.317 e. The highest BCUT2D eigenvalue weighted by atomic mass is 32.2. The summed E-state index contributed by atoms with van der Waals surface area (Å²) in [6.07, 6.45) is 4.81. The minimum absolute atomic E-state index is 0.0596. The molecule has 0 aliphatic heterocycles. The van der Waals surface area contributed by atoms with Crippen molar-refractivity contribution in [3.63, 3.8) is 0 Å². The van der Waals surface area contributed by atoms with Gasteiger partial charge in [0.2, 0.25) is 0 Å². The number of aromatic nitrogens is 1. The predicted molar refractivity (Wildman–Crippen MR) is 102 cm³/mol. The molecular weight excluding hydrogens is 334 g/mol. The van der Waals surface area contributed by atoms with Gasteiger partial charge in [0.15, 0.2) is 9.84 Å². The van der Waals surface area contributed by atoms with E-state index in [0.717, 1.165) is 34.9 Å². The molecule has 1 heterocycles. The molecule has 3 aromatic rings. The van der Waals surface area contributed by atoms with Crippen molar-refractivity contribution in [3.8, 4) is 11.1 Å². The number of sulfone groups is 1. The predicted octanol–water partition coefficient (Wildman–Crippen LogP) is 3.56. The maximum atomic E-state index is 12.4. The minimum Gasteiger partial charge on any atom is -0.317 e. The molecule has 25 heavy (non-hydrogen) atoms. The van der Waals surface area contributed by atoms with Crippen molar-refractivity contribution < 1.29 is 8.42 Å². The Hall–Kier alpha value is -2.40. The number of aryl methyl sites for hydroxylation is 2. The normalized spacial score (nSPS) is 11.8. The Morgan fingerprint density at radius 3 is 2.32 bits per heavy atom. The second-order valence-electron chi connectivity index (χ2n) is 6.35. The van der Waals surface area contributed by atoms with Crippen LogP contribution in [0.25, 0.3) is 21.9 Å². The van der Waals surface area contributed by atoms with Crippen molar-refractivity contribution in [2.75, 3.05) is 6.26 Å². The fourth-order valence-electron chi connectivity index (χ4n) is 3.16. The Kier molecular flexibility index (Phi) is 4.52. The van der Waals surface area contributed by atoms with Crippen LogP contribution in [0.3, 0.4) is 0 Å². The van der Waals surface area contributed by atoms with Gasteiger partial charge in [0.1, 0.15) is 0 Å². The minimum atomic E-state index is -3.31. The summed E-state index contributed by atoms with van der Waals surface area (Å²) in [6.45, 7) is 2.09. The van der Waals surface area contributed by atoms with Gasteiger partial charge in [-0.3, -0.25) is 4.79 Å². The zero-order chi connectivity index (χ0) is 18.2. The first-order valence-corrected chi connectivity index (χ1v) is 10.1. The van der Waals surface area contributed by atoms with Crippen LogP contribution < -0.4 is 5.56 Å². The molecule has 0 saturated carbocycles. The first kappa shape index (κ1) is 17.4. The van der Waals surface area contributed by atoms with E-state index in [9.17, 15) is 13.2 Å². The molecule has 130 valence electrons. The topological polar surface area (TPSA) is 56.1 Å². The van der Waals surface area contributed by atoms with Crippen LogP contribution in [0.2, 0.25) is 0 Å². The van der Waals surface area contributed by atoms with Crippen molar-refractivity contribution in [2.24, 2.45) is 7.05 Å². The Morgan fingerprint density at radius 2 is 1.68 bits per heavy atom. The lowest BCUT2D eigenvalue weighted by Gasteiger charge is -2.15. The van der Waals surface area contributed by atoms with Crippen molar-refractivity contribution >= 4 is 20.6 Å². The summed E-state index contributed by atoms with van der Waals surface area (Å²) in [5.41, 5.74) is 2.78. The van der Waals surface area contributed by atoms with Crippen LogP contribution in [0, 0.1) is 0 Å². The highest BCUT2D eigenvalue weighted by Crippen LogP contribution is 2.32. The van der Waals surface area contributed by atoms with E-state index in [-0.39, 0.29) is 5.56 Å². The molecule has 0 aliphatic carbocycles. The lowest BCUT2D eigenvalue weighted by Crippen LogP contribution is -2.16. The van der Waals surface area contributed by atoms with Gasteiger partial charge >= 0.3 is 0 Å². The summed E-state index contributed by atoms with van der Waals surface area (Å²) < 4.78 is 25.6. The number of pyridine rings is 1. The third-order valence-electron chi connectivity index (χ3n) is 4.41. The SMILES string of the molecule is CCCc1ccc(S(C)(=O)=O)cc1-c1cn(C)c(=O)c2ccccc12. The van der Waals surface area contributed by atoms with E-state index in [1.165, 1.54) is 6.26 Å². The number of rotatable bonds is 4. The fourth-order valence-corrected chi connectivity index (χ4v) is 3.80. The van der Waals surface area contributed by atoms with E-state index in [0.29, 0.717) is 10.3 Å². The molecule has 4 nitrogen and oxygen atoms in total. The van der Waals surface area contributed by atoms with E-state index in [2.05, 4.69) is 6.92 Å². The van der Waals surface area contributed by atoms with Gasteiger partial charge in [-0.15, -0.1) is 0 Å². The number of hydrogen-bond donors (Lipinski definition) is 0. The molecule has 0 aliphatic rings. The second kappa shape index (κ2) is 6.48. The quantitative estimate of drug-likeness (QED) is 0.719. The zero-order valence-electron chi connectivity index (χ0n) is 14.6. The van der Waals surface area contributed by atoms with E-state index in [1.54, 1.807) is 36.0 Å². The number of fused-ring (bicyclic) bond motifs is 1. The maximum absolute atomic E-state index is 12.4. The molecule has 0 amide bonds. The summed E-state index contributed by atoms with van der Waals surface area (Å²) in [7, 11) is -1.58. The molecule has 3 rings (SSSR count). The number of nitrogens with zero attached hydrogens (tertiary/aromatic N) is 1. The summed E-state index contributed by atoms with van der Waals surface area (Å²) >= 11 is 0. The third-order valence-corrected chi connectivity index (χ3v) is 5.52. The van der Waals surface area contributed by atoms with E-state index < -0.39 is 9.84 Å². The van der Waals surface area contributed by atoms with Gasteiger partial charge in [-0.25, -0.2) is 8.42 Å². The van der Waals surface area contributed by atoms with Gasteiger partial charge < -0.3 is 4.57 Å². The zero-order valence-corrected chi connectivity index (χ0v) is 15.4. The van der Waals surface area contributed by atoms with Gasteiger partial charge in [-0.2, -0.15) is 0 Å². The lowest BCUT2D eigenvalue weighted by atomic mass is 9.94. The van der Waals surface area contributed by atoms with Crippen LogP contribution in [0.5, 0.6) is 0 Å². The average molecular weight is 355 g/mol. The summed E-state index contributed by atoms with van der Waals surface area (Å²) in [5, 5.41) is 1.48. The van der Waals surface area contributed by atoms with Crippen LogP contribution in [0.1, 0.15) is 18.9 Å². The van der Waals surface area contributed by atoms with E-state index in [4.69, 9.17) is 0 Å². The Morgan fingerprint density at radius 1 is 1.00 bits per heavy atom. The molecule has 0 N–H and O–H groups in total. The average Bonchev–Trinajstić information content (AvgIpc) is 2.58. The molecule has 0 fully saturated rings. The molecule has 5 heteroatoms. The second-order valence-corrected chi connectivity index (χ2v) is 8.36. The number of hydrogen-bond acceptors (Lipinski definition) is 3. The molecule has 0 unspecified atom stereocenters. The van der Waals surface area contributed by atoms with Crippen molar-refractivity contribution in [1.29, 1.82) is 0 Å². The smallest absolute Gasteiger partial charge is 0.258 e. The van der Waals surface area contributed by atoms with Gasteiger partial charge in [0.25, 0.3) is 5.56 Å². The van der Waals surface area contributed by atoms with E-state index >= 15 is 0 Å². The van der Waals surface area contributed by atoms with Crippen LogP contribution in [0.15, 0.2) is 58.4 Å². The van der Waals surface area contributed by atoms with Crippen molar-refractivity contribution in [2.45, 2.75) is 24.7 Å². The first-order chi connectivity index (χ1) is 11.8. The molecule has 0 bridgehead atoms. The fraction of sp³-hybridized carbons (Fsp3) is 0.250. The highest BCUT2D eigenvalue weighted by Gasteiger charge is 2.15. The third kappa shape index (κ3) is 3.24. The molecule has 0 radical (unpaired) electrons. The summed E-state index contributed by atoms with van der Waals surface area (Å²) in [5.74, 6) is 0. The van der Waals surface area contributed by atoms with Gasteiger partial charge in [-0.1, -0.05) is 37.6 Å². The molecule has 0 spiro atoms. The molecular formula is C20H21NO3S. The van der Waals surface area contributed by atoms with Gasteiger partial charge in [-0.05, 0) is 41.1 Å². The van der Waals surface area contributed by atoms with Crippen LogP contribution in [0.4, 0.5) is 0 Å². The molecule has 1 aromatic heterocycles. The molecule has 0 saturated heterocycles. The Bertz CT molecular complexity index is 1110. The molecule has 0 atom stereocenters. The van der Waals surface area contributed by atoms with Crippen molar-refractivity contribution in [1.82, 2.24) is 4.57 Å². The van der Waals surface area contributed by atoms with Gasteiger partial charge in [0, 0.05) is 30.4 Å².